The van der Waals surface area contributed by atoms with Crippen molar-refractivity contribution in [1.82, 2.24) is 0 Å². The van der Waals surface area contributed by atoms with E-state index in [0.29, 0.717) is 38.0 Å². The lowest BCUT2D eigenvalue weighted by molar-refractivity contribution is -0.187. The normalized spacial score (nSPS) is 35.9. The van der Waals surface area contributed by atoms with Crippen LogP contribution in [0.5, 0.6) is 0 Å². The molecule has 7 heteroatoms. The van der Waals surface area contributed by atoms with Crippen molar-refractivity contribution in [2.75, 3.05) is 13.7 Å². The topological polar surface area (TPSA) is 74.2 Å². The van der Waals surface area contributed by atoms with Crippen LogP contribution in [0.1, 0.15) is 71.1 Å². The van der Waals surface area contributed by atoms with Crippen LogP contribution in [-0.4, -0.2) is 49.1 Å². The number of unbranched alkanes of at least 4 members (excludes halogenated alkanes) is 1. The van der Waals surface area contributed by atoms with Gasteiger partial charge in [-0.05, 0) is 38.2 Å². The Labute approximate surface area is 172 Å². The molecule has 29 heavy (non-hydrogen) atoms. The smallest absolute Gasteiger partial charge is 0.338 e. The largest absolute Gasteiger partial charge is 0.469 e. The van der Waals surface area contributed by atoms with E-state index in [0.717, 1.165) is 32.1 Å². The molecule has 1 aliphatic carbocycles. The second-order valence-corrected chi connectivity index (χ2v) is 8.44. The molecular weight excluding hydrogens is 379 g/mol. The molecule has 0 aromatic heterocycles. The Morgan fingerprint density at radius 3 is 2.90 bits per heavy atom. The van der Waals surface area contributed by atoms with Crippen LogP contribution in [0.25, 0.3) is 0 Å². The Morgan fingerprint density at radius 1 is 1.38 bits per heavy atom. The number of hydrogen-bond donors (Lipinski definition) is 1. The molecule has 3 unspecified atom stereocenters. The van der Waals surface area contributed by atoms with Gasteiger partial charge in [-0.15, -0.1) is 0 Å². The fraction of sp³-hybridized carbons (Fsp3) is 0.864. The van der Waals surface area contributed by atoms with E-state index in [1.54, 1.807) is 0 Å². The highest BCUT2D eigenvalue weighted by Crippen LogP contribution is 2.54. The summed E-state index contributed by atoms with van der Waals surface area (Å²) in [7, 11) is 1.33. The zero-order valence-corrected chi connectivity index (χ0v) is 17.6. The molecule has 6 atom stereocenters. The highest BCUT2D eigenvalue weighted by Gasteiger charge is 2.62. The molecule has 3 fully saturated rings. The lowest BCUT2D eigenvalue weighted by atomic mass is 9.84. The molecule has 2 aliphatic heterocycles. The van der Waals surface area contributed by atoms with Crippen molar-refractivity contribution in [3.05, 3.63) is 11.8 Å². The van der Waals surface area contributed by atoms with Gasteiger partial charge in [0.05, 0.1) is 19.5 Å². The molecule has 3 rings (SSSR count). The van der Waals surface area contributed by atoms with Gasteiger partial charge in [-0.1, -0.05) is 19.8 Å². The standard InChI is InChI=1S/C22H35FO6/c1-3-4-7-15(23)9-10-18(28-20-8-5-6-13-27-20)16-11-12-22(21(25)26-2)17(16)14-19(24)29-22/h10,15-17,19-20,24H,3-9,11-14H2,1-2H3/t15?,16-,17-,19?,20?,22-/m1/s1. The molecule has 0 aromatic carbocycles. The van der Waals surface area contributed by atoms with Crippen molar-refractivity contribution < 1.29 is 33.2 Å². The first kappa shape index (κ1) is 22.5. The van der Waals surface area contributed by atoms with E-state index in [4.69, 9.17) is 18.9 Å². The van der Waals surface area contributed by atoms with Crippen LogP contribution in [-0.2, 0) is 23.7 Å². The number of methoxy groups -OCH3 is 1. The molecule has 1 N–H and O–H groups in total. The van der Waals surface area contributed by atoms with E-state index in [2.05, 4.69) is 0 Å². The number of esters is 1. The molecule has 2 heterocycles. The SMILES string of the molecule is CCCCC(F)CC=C(OC1CCCCO1)[C@@H]1CC[C@@]2(C(=O)OC)OC(O)C[C@H]12. The second kappa shape index (κ2) is 10.2. The fourth-order valence-electron chi connectivity index (χ4n) is 4.94. The van der Waals surface area contributed by atoms with Gasteiger partial charge in [-0.2, -0.15) is 0 Å². The summed E-state index contributed by atoms with van der Waals surface area (Å²) in [5.74, 6) is -0.172. The maximum absolute atomic E-state index is 14.3. The number of rotatable bonds is 9. The van der Waals surface area contributed by atoms with E-state index in [-0.39, 0.29) is 24.5 Å². The highest BCUT2D eigenvalue weighted by atomic mass is 19.1. The Hall–Kier alpha value is -1.18. The van der Waals surface area contributed by atoms with E-state index in [9.17, 15) is 14.3 Å². The molecule has 6 nitrogen and oxygen atoms in total. The van der Waals surface area contributed by atoms with Crippen molar-refractivity contribution in [2.24, 2.45) is 11.8 Å². The Kier molecular flexibility index (Phi) is 7.93. The number of hydrogen-bond acceptors (Lipinski definition) is 6. The van der Waals surface area contributed by atoms with Crippen molar-refractivity contribution >= 4 is 5.97 Å². The maximum Gasteiger partial charge on any atom is 0.338 e. The summed E-state index contributed by atoms with van der Waals surface area (Å²) < 4.78 is 36.9. The molecule has 3 aliphatic rings. The maximum atomic E-state index is 14.3. The van der Waals surface area contributed by atoms with Crippen LogP contribution < -0.4 is 0 Å². The Morgan fingerprint density at radius 2 is 2.21 bits per heavy atom. The van der Waals surface area contributed by atoms with Gasteiger partial charge >= 0.3 is 5.97 Å². The first-order valence-corrected chi connectivity index (χ1v) is 11.1. The summed E-state index contributed by atoms with van der Waals surface area (Å²) in [6.45, 7) is 2.70. The van der Waals surface area contributed by atoms with Crippen LogP contribution in [0.4, 0.5) is 4.39 Å². The van der Waals surface area contributed by atoms with Crippen molar-refractivity contribution in [3.8, 4) is 0 Å². The first-order valence-electron chi connectivity index (χ1n) is 11.1. The summed E-state index contributed by atoms with van der Waals surface area (Å²) in [5, 5.41) is 10.1. The Bertz CT molecular complexity index is 576. The van der Waals surface area contributed by atoms with E-state index < -0.39 is 24.0 Å². The second-order valence-electron chi connectivity index (χ2n) is 8.44. The van der Waals surface area contributed by atoms with Crippen molar-refractivity contribution in [3.63, 3.8) is 0 Å². The van der Waals surface area contributed by atoms with Gasteiger partial charge in [-0.3, -0.25) is 0 Å². The van der Waals surface area contributed by atoms with Gasteiger partial charge in [0.2, 0.25) is 0 Å². The molecule has 0 bridgehead atoms. The lowest BCUT2D eigenvalue weighted by Gasteiger charge is -2.31. The molecule has 2 saturated heterocycles. The third-order valence-corrected chi connectivity index (χ3v) is 6.46. The molecule has 0 aromatic rings. The molecular formula is C22H35FO6. The van der Waals surface area contributed by atoms with Gasteiger partial charge in [0.25, 0.3) is 0 Å². The number of carbonyl (C=O) groups is 1. The fourth-order valence-corrected chi connectivity index (χ4v) is 4.94. The number of carbonyl (C=O) groups excluding carboxylic acids is 1. The average molecular weight is 415 g/mol. The van der Waals surface area contributed by atoms with E-state index in [1.165, 1.54) is 7.11 Å². The number of ether oxygens (including phenoxy) is 4. The average Bonchev–Trinajstić information content (AvgIpc) is 3.24. The van der Waals surface area contributed by atoms with E-state index in [1.807, 2.05) is 13.0 Å². The molecule has 0 radical (unpaired) electrons. The van der Waals surface area contributed by atoms with Crippen LogP contribution in [0, 0.1) is 11.8 Å². The first-order chi connectivity index (χ1) is 14.0. The summed E-state index contributed by atoms with van der Waals surface area (Å²) in [5.41, 5.74) is -1.15. The number of fused-ring (bicyclic) bond motifs is 1. The van der Waals surface area contributed by atoms with Gasteiger partial charge in [-0.25, -0.2) is 9.18 Å². The zero-order valence-electron chi connectivity index (χ0n) is 17.6. The van der Waals surface area contributed by atoms with Gasteiger partial charge in [0.15, 0.2) is 18.2 Å². The minimum Gasteiger partial charge on any atom is -0.469 e. The minimum atomic E-state index is -1.15. The number of halogens is 1. The van der Waals surface area contributed by atoms with Crippen molar-refractivity contribution in [1.29, 1.82) is 0 Å². The van der Waals surface area contributed by atoms with Crippen LogP contribution in [0.15, 0.2) is 11.8 Å². The third-order valence-electron chi connectivity index (χ3n) is 6.46. The summed E-state index contributed by atoms with van der Waals surface area (Å²) in [4.78, 5) is 12.5. The van der Waals surface area contributed by atoms with Gasteiger partial charge < -0.3 is 24.1 Å². The molecule has 166 valence electrons. The predicted molar refractivity (Wildman–Crippen MR) is 104 cm³/mol. The minimum absolute atomic E-state index is 0.129. The quantitative estimate of drug-likeness (QED) is 0.454. The summed E-state index contributed by atoms with van der Waals surface area (Å²) in [6, 6.07) is 0. The summed E-state index contributed by atoms with van der Waals surface area (Å²) >= 11 is 0. The van der Waals surface area contributed by atoms with Crippen LogP contribution in [0.3, 0.4) is 0 Å². The molecule has 1 saturated carbocycles. The van der Waals surface area contributed by atoms with Crippen LogP contribution >= 0.6 is 0 Å². The zero-order chi connectivity index (χ0) is 20.9. The van der Waals surface area contributed by atoms with E-state index >= 15 is 0 Å². The number of allylic oxidation sites excluding steroid dienone is 2. The highest BCUT2D eigenvalue weighted by molar-refractivity contribution is 5.81. The molecule has 0 spiro atoms. The number of aliphatic hydroxyl groups is 1. The van der Waals surface area contributed by atoms with Crippen LogP contribution in [0.2, 0.25) is 0 Å². The van der Waals surface area contributed by atoms with Gasteiger partial charge in [0.1, 0.15) is 6.17 Å². The summed E-state index contributed by atoms with van der Waals surface area (Å²) in [6.07, 6.45) is 6.48. The van der Waals surface area contributed by atoms with Gasteiger partial charge in [0, 0.05) is 31.1 Å². The number of aliphatic hydroxyl groups excluding tert-OH is 1. The Balaban J connectivity index is 1.78. The third kappa shape index (κ3) is 5.12. The lowest BCUT2D eigenvalue weighted by Crippen LogP contribution is -2.43. The monoisotopic (exact) mass is 414 g/mol. The van der Waals surface area contributed by atoms with Crippen molar-refractivity contribution in [2.45, 2.75) is 95.5 Å². The predicted octanol–water partition coefficient (Wildman–Crippen LogP) is 4.01. The number of alkyl halides is 1. The molecule has 0 amide bonds.